The van der Waals surface area contributed by atoms with Gasteiger partial charge in [-0.25, -0.2) is 8.42 Å². The Morgan fingerprint density at radius 1 is 1.12 bits per heavy atom. The average Bonchev–Trinajstić information content (AvgIpc) is 2.83. The van der Waals surface area contributed by atoms with Crippen LogP contribution in [0.25, 0.3) is 0 Å². The lowest BCUT2D eigenvalue weighted by Gasteiger charge is -2.33. The minimum atomic E-state index is -2.81. The van der Waals surface area contributed by atoms with Gasteiger partial charge in [0.15, 0.2) is 9.84 Å². The molecule has 2 aliphatic rings. The van der Waals surface area contributed by atoms with E-state index < -0.39 is 9.84 Å². The van der Waals surface area contributed by atoms with Crippen LogP contribution in [-0.2, 0) is 9.84 Å². The summed E-state index contributed by atoms with van der Waals surface area (Å²) in [5, 5.41) is 9.10. The van der Waals surface area contributed by atoms with Gasteiger partial charge >= 0.3 is 0 Å². The largest absolute Gasteiger partial charge is 0.395 e. The summed E-state index contributed by atoms with van der Waals surface area (Å²) in [5.74, 6) is 0.621. The molecule has 2 fully saturated rings. The van der Waals surface area contributed by atoms with Crippen LogP contribution in [0.2, 0.25) is 0 Å². The zero-order valence-electron chi connectivity index (χ0n) is 9.64. The molecule has 0 aromatic heterocycles. The minimum Gasteiger partial charge on any atom is -0.395 e. The zero-order chi connectivity index (χ0) is 11.6. The molecule has 1 unspecified atom stereocenters. The Bertz CT molecular complexity index is 322. The van der Waals surface area contributed by atoms with Crippen molar-refractivity contribution in [3.05, 3.63) is 0 Å². The van der Waals surface area contributed by atoms with Crippen LogP contribution >= 0.6 is 0 Å². The lowest BCUT2D eigenvalue weighted by Crippen LogP contribution is -2.44. The molecule has 4 nitrogen and oxygen atoms in total. The summed E-state index contributed by atoms with van der Waals surface area (Å²) < 4.78 is 23.0. The van der Waals surface area contributed by atoms with Crippen LogP contribution in [0.1, 0.15) is 32.1 Å². The molecule has 0 aromatic rings. The topological polar surface area (TPSA) is 57.6 Å². The van der Waals surface area contributed by atoms with Crippen LogP contribution in [0.4, 0.5) is 0 Å². The first-order valence-electron chi connectivity index (χ1n) is 6.19. The van der Waals surface area contributed by atoms with Gasteiger partial charge in [0, 0.05) is 18.6 Å². The second-order valence-corrected chi connectivity index (χ2v) is 7.19. The maximum Gasteiger partial charge on any atom is 0.151 e. The van der Waals surface area contributed by atoms with Crippen molar-refractivity contribution in [1.82, 2.24) is 4.90 Å². The zero-order valence-corrected chi connectivity index (χ0v) is 10.5. The van der Waals surface area contributed by atoms with Gasteiger partial charge in [-0.15, -0.1) is 0 Å². The van der Waals surface area contributed by atoms with Crippen molar-refractivity contribution < 1.29 is 13.5 Å². The predicted octanol–water partition coefficient (Wildman–Crippen LogP) is 0.410. The molecule has 1 saturated carbocycles. The summed E-state index contributed by atoms with van der Waals surface area (Å²) in [6.07, 6.45) is 5.56. The Hall–Kier alpha value is -0.130. The van der Waals surface area contributed by atoms with Crippen LogP contribution in [0.3, 0.4) is 0 Å². The number of hydrogen-bond donors (Lipinski definition) is 1. The monoisotopic (exact) mass is 247 g/mol. The third-order valence-electron chi connectivity index (χ3n) is 3.83. The predicted molar refractivity (Wildman–Crippen MR) is 63.1 cm³/mol. The Morgan fingerprint density at radius 2 is 1.81 bits per heavy atom. The number of sulfone groups is 1. The first kappa shape index (κ1) is 12.3. The van der Waals surface area contributed by atoms with Gasteiger partial charge in [-0.2, -0.15) is 0 Å². The van der Waals surface area contributed by atoms with E-state index in [1.54, 1.807) is 0 Å². The van der Waals surface area contributed by atoms with Crippen molar-refractivity contribution in [3.8, 4) is 0 Å². The molecule has 1 aliphatic carbocycles. The summed E-state index contributed by atoms with van der Waals surface area (Å²) in [6, 6.07) is 0.658. The molecule has 0 spiro atoms. The Morgan fingerprint density at radius 3 is 2.31 bits per heavy atom. The van der Waals surface area contributed by atoms with Gasteiger partial charge in [-0.05, 0) is 19.3 Å². The van der Waals surface area contributed by atoms with Crippen molar-refractivity contribution in [3.63, 3.8) is 0 Å². The van der Waals surface area contributed by atoms with E-state index in [9.17, 15) is 8.42 Å². The van der Waals surface area contributed by atoms with Crippen LogP contribution in [-0.4, -0.2) is 55.2 Å². The molecule has 1 heterocycles. The van der Waals surface area contributed by atoms with E-state index in [1.807, 2.05) is 0 Å². The first-order valence-corrected chi connectivity index (χ1v) is 8.01. The van der Waals surface area contributed by atoms with E-state index in [0.717, 1.165) is 19.3 Å². The van der Waals surface area contributed by atoms with E-state index in [1.165, 1.54) is 12.8 Å². The maximum absolute atomic E-state index is 11.5. The van der Waals surface area contributed by atoms with Gasteiger partial charge in [-0.3, -0.25) is 4.90 Å². The van der Waals surface area contributed by atoms with Crippen LogP contribution in [0.15, 0.2) is 0 Å². The standard InChI is InChI=1S/C11H21NO3S/c13-7-6-12(10-3-1-2-4-10)11-5-8-16(14,15)9-11/h10-11,13H,1-9H2. The highest BCUT2D eigenvalue weighted by Gasteiger charge is 2.35. The van der Waals surface area contributed by atoms with Crippen LogP contribution in [0.5, 0.6) is 0 Å². The van der Waals surface area contributed by atoms with Crippen molar-refractivity contribution >= 4 is 9.84 Å². The van der Waals surface area contributed by atoms with Crippen LogP contribution < -0.4 is 0 Å². The second-order valence-electron chi connectivity index (χ2n) is 4.96. The number of aliphatic hydroxyl groups is 1. The van der Waals surface area contributed by atoms with Crippen molar-refractivity contribution in [2.45, 2.75) is 44.2 Å². The minimum absolute atomic E-state index is 0.132. The van der Waals surface area contributed by atoms with E-state index in [4.69, 9.17) is 5.11 Å². The summed E-state index contributed by atoms with van der Waals surface area (Å²) in [6.45, 7) is 0.762. The molecule has 1 N–H and O–H groups in total. The van der Waals surface area contributed by atoms with E-state index in [-0.39, 0.29) is 12.6 Å². The van der Waals surface area contributed by atoms with Gasteiger partial charge in [-0.1, -0.05) is 12.8 Å². The van der Waals surface area contributed by atoms with Crippen molar-refractivity contribution in [2.75, 3.05) is 24.7 Å². The van der Waals surface area contributed by atoms with E-state index in [2.05, 4.69) is 4.90 Å². The summed E-state index contributed by atoms with van der Waals surface area (Å²) in [7, 11) is -2.81. The summed E-state index contributed by atoms with van der Waals surface area (Å²) >= 11 is 0. The molecule has 1 aliphatic heterocycles. The summed E-state index contributed by atoms with van der Waals surface area (Å²) in [5.41, 5.74) is 0. The molecule has 0 radical (unpaired) electrons. The molecular weight excluding hydrogens is 226 g/mol. The van der Waals surface area contributed by atoms with Crippen molar-refractivity contribution in [1.29, 1.82) is 0 Å². The molecule has 1 atom stereocenters. The van der Waals surface area contributed by atoms with Gasteiger partial charge < -0.3 is 5.11 Å². The third-order valence-corrected chi connectivity index (χ3v) is 5.58. The van der Waals surface area contributed by atoms with E-state index >= 15 is 0 Å². The lowest BCUT2D eigenvalue weighted by atomic mass is 10.1. The Labute approximate surface area is 97.6 Å². The molecule has 16 heavy (non-hydrogen) atoms. The first-order chi connectivity index (χ1) is 7.62. The number of nitrogens with zero attached hydrogens (tertiary/aromatic N) is 1. The fourth-order valence-corrected chi connectivity index (χ4v) is 4.79. The average molecular weight is 247 g/mol. The fourth-order valence-electron chi connectivity index (χ4n) is 3.05. The molecule has 0 bridgehead atoms. The third kappa shape index (κ3) is 2.76. The maximum atomic E-state index is 11.5. The van der Waals surface area contributed by atoms with Gasteiger partial charge in [0.1, 0.15) is 0 Å². The number of aliphatic hydroxyl groups excluding tert-OH is 1. The van der Waals surface area contributed by atoms with Gasteiger partial charge in [0.2, 0.25) is 0 Å². The van der Waals surface area contributed by atoms with Gasteiger partial charge in [0.25, 0.3) is 0 Å². The molecule has 2 rings (SSSR count). The molecule has 5 heteroatoms. The molecule has 0 amide bonds. The van der Waals surface area contributed by atoms with Gasteiger partial charge in [0.05, 0.1) is 18.1 Å². The van der Waals surface area contributed by atoms with E-state index in [0.29, 0.717) is 24.1 Å². The highest BCUT2D eigenvalue weighted by Crippen LogP contribution is 2.28. The molecule has 1 saturated heterocycles. The van der Waals surface area contributed by atoms with Crippen molar-refractivity contribution in [2.24, 2.45) is 0 Å². The van der Waals surface area contributed by atoms with Crippen LogP contribution in [0, 0.1) is 0 Å². The normalized spacial score (nSPS) is 30.2. The summed E-state index contributed by atoms with van der Waals surface area (Å²) in [4.78, 5) is 2.25. The molecule has 94 valence electrons. The highest BCUT2D eigenvalue weighted by atomic mass is 32.2. The Balaban J connectivity index is 2.01. The number of rotatable bonds is 4. The molecule has 0 aromatic carbocycles. The quantitative estimate of drug-likeness (QED) is 0.782. The Kier molecular flexibility index (Phi) is 3.87. The fraction of sp³-hybridized carbons (Fsp3) is 1.00. The lowest BCUT2D eigenvalue weighted by molar-refractivity contribution is 0.115. The molecular formula is C11H21NO3S. The second kappa shape index (κ2) is 5.02. The smallest absolute Gasteiger partial charge is 0.151 e. The SMILES string of the molecule is O=S1(=O)CCC(N(CCO)C2CCCC2)C1. The number of hydrogen-bond acceptors (Lipinski definition) is 4. The highest BCUT2D eigenvalue weighted by molar-refractivity contribution is 7.91.